The summed E-state index contributed by atoms with van der Waals surface area (Å²) in [7, 11) is 0. The molecule has 46 heavy (non-hydrogen) atoms. The molecule has 0 bridgehead atoms. The predicted octanol–water partition coefficient (Wildman–Crippen LogP) is 12.2. The number of benzene rings is 4. The van der Waals surface area contributed by atoms with Crippen molar-refractivity contribution in [1.29, 1.82) is 0 Å². The van der Waals surface area contributed by atoms with E-state index in [1.807, 2.05) is 12.1 Å². The molecule has 0 heterocycles. The lowest BCUT2D eigenvalue weighted by molar-refractivity contribution is -0.189. The Morgan fingerprint density at radius 1 is 0.630 bits per heavy atom. The Labute approximate surface area is 263 Å². The van der Waals surface area contributed by atoms with Gasteiger partial charge >= 0.3 is 6.11 Å². The average Bonchev–Trinajstić information content (AvgIpc) is 3.01. The summed E-state index contributed by atoms with van der Waals surface area (Å²) in [5.41, 5.74) is -0.843. The van der Waals surface area contributed by atoms with Crippen LogP contribution in [0.5, 0.6) is 5.75 Å². The van der Waals surface area contributed by atoms with Crippen LogP contribution < -0.4 is 4.74 Å². The van der Waals surface area contributed by atoms with Gasteiger partial charge in [-0.15, -0.1) is 0 Å². The Morgan fingerprint density at radius 3 is 1.83 bits per heavy atom. The number of ether oxygens (including phenoxy) is 1. The first-order chi connectivity index (χ1) is 22.0. The van der Waals surface area contributed by atoms with Crippen molar-refractivity contribution < 1.29 is 39.9 Å². The number of alkyl halides is 2. The summed E-state index contributed by atoms with van der Waals surface area (Å²) in [5, 5.41) is 0. The number of rotatable bonds is 11. The van der Waals surface area contributed by atoms with Crippen LogP contribution in [0.3, 0.4) is 0 Å². The highest BCUT2D eigenvalue weighted by atomic mass is 19.3. The molecule has 4 aromatic rings. The SMILES string of the molecule is CCCCCCC1CCC(c2ccc(-c3cc(F)c(C(F)(F)Oc4ccc(-c5cc(F)c(F)c(F)c5)c(F)c4)c(F)c3)cc2)CC1. The second kappa shape index (κ2) is 14.3. The molecule has 1 fully saturated rings. The van der Waals surface area contributed by atoms with E-state index in [9.17, 15) is 17.6 Å². The third-order valence-corrected chi connectivity index (χ3v) is 8.84. The van der Waals surface area contributed by atoms with Crippen LogP contribution in [0.25, 0.3) is 22.3 Å². The second-order valence-corrected chi connectivity index (χ2v) is 12.0. The van der Waals surface area contributed by atoms with Gasteiger partial charge in [-0.3, -0.25) is 0 Å². The highest BCUT2D eigenvalue weighted by Gasteiger charge is 2.41. The van der Waals surface area contributed by atoms with Gasteiger partial charge in [-0.2, -0.15) is 8.78 Å². The number of hydrogen-bond acceptors (Lipinski definition) is 1. The zero-order chi connectivity index (χ0) is 33.0. The fraction of sp³-hybridized carbons (Fsp3) is 0.351. The summed E-state index contributed by atoms with van der Waals surface area (Å²) in [4.78, 5) is 0. The Balaban J connectivity index is 1.26. The molecule has 0 amide bonds. The molecule has 1 aliphatic rings. The largest absolute Gasteiger partial charge is 0.432 e. The van der Waals surface area contributed by atoms with Gasteiger partial charge in [0.05, 0.1) is 0 Å². The van der Waals surface area contributed by atoms with Gasteiger partial charge in [0, 0.05) is 11.6 Å². The number of hydrogen-bond donors (Lipinski definition) is 0. The van der Waals surface area contributed by atoms with Crippen molar-refractivity contribution in [3.8, 4) is 28.0 Å². The highest BCUT2D eigenvalue weighted by Crippen LogP contribution is 2.40. The zero-order valence-corrected chi connectivity index (χ0v) is 25.3. The van der Waals surface area contributed by atoms with Crippen LogP contribution in [-0.4, -0.2) is 0 Å². The minimum atomic E-state index is -4.55. The molecule has 0 unspecified atom stereocenters. The minimum absolute atomic E-state index is 0.0612. The molecule has 4 aromatic carbocycles. The van der Waals surface area contributed by atoms with E-state index in [1.54, 1.807) is 12.1 Å². The molecule has 1 nitrogen and oxygen atoms in total. The predicted molar refractivity (Wildman–Crippen MR) is 161 cm³/mol. The van der Waals surface area contributed by atoms with Crippen molar-refractivity contribution in [2.24, 2.45) is 5.92 Å². The van der Waals surface area contributed by atoms with Crippen LogP contribution >= 0.6 is 0 Å². The fourth-order valence-corrected chi connectivity index (χ4v) is 6.31. The Bertz CT molecular complexity index is 1610. The van der Waals surface area contributed by atoms with E-state index in [0.717, 1.165) is 48.6 Å². The molecule has 0 saturated heterocycles. The van der Waals surface area contributed by atoms with Gasteiger partial charge in [0.2, 0.25) is 0 Å². The van der Waals surface area contributed by atoms with Gasteiger partial charge in [0.1, 0.15) is 28.8 Å². The van der Waals surface area contributed by atoms with Gasteiger partial charge in [-0.25, -0.2) is 26.3 Å². The minimum Gasteiger partial charge on any atom is -0.429 e. The van der Waals surface area contributed by atoms with E-state index in [4.69, 9.17) is 0 Å². The summed E-state index contributed by atoms with van der Waals surface area (Å²) in [6.07, 6.45) is 6.31. The molecule has 0 aromatic heterocycles. The molecular weight excluding hydrogens is 612 g/mol. The maximum Gasteiger partial charge on any atom is 0.432 e. The average molecular weight is 647 g/mol. The topological polar surface area (TPSA) is 9.23 Å². The molecule has 0 aliphatic heterocycles. The van der Waals surface area contributed by atoms with E-state index < -0.39 is 63.5 Å². The molecule has 9 heteroatoms. The van der Waals surface area contributed by atoms with E-state index in [0.29, 0.717) is 29.7 Å². The standard InChI is InChI=1S/C37H34F8O/c1-2-3-4-5-6-22-7-9-23(10-8-22)24-11-13-25(14-12-24)26-17-31(39)35(32(40)18-26)37(44,45)46-28-15-16-29(30(38)21-28)27-19-33(41)36(43)34(42)20-27/h11-23H,2-10H2,1H3. The lowest BCUT2D eigenvalue weighted by Gasteiger charge is -2.29. The van der Waals surface area contributed by atoms with Crippen LogP contribution in [0.2, 0.25) is 0 Å². The maximum absolute atomic E-state index is 15.0. The van der Waals surface area contributed by atoms with Gasteiger partial charge in [-0.1, -0.05) is 63.3 Å². The monoisotopic (exact) mass is 646 g/mol. The highest BCUT2D eigenvalue weighted by molar-refractivity contribution is 5.66. The summed E-state index contributed by atoms with van der Waals surface area (Å²) >= 11 is 0. The van der Waals surface area contributed by atoms with Crippen molar-refractivity contribution in [3.05, 3.63) is 113 Å². The van der Waals surface area contributed by atoms with Gasteiger partial charge in [0.15, 0.2) is 17.5 Å². The summed E-state index contributed by atoms with van der Waals surface area (Å²) < 4.78 is 120. The van der Waals surface area contributed by atoms with E-state index in [-0.39, 0.29) is 5.56 Å². The molecule has 0 radical (unpaired) electrons. The smallest absolute Gasteiger partial charge is 0.429 e. The van der Waals surface area contributed by atoms with Crippen molar-refractivity contribution >= 4 is 0 Å². The molecule has 1 saturated carbocycles. The zero-order valence-electron chi connectivity index (χ0n) is 25.3. The number of halogens is 8. The van der Waals surface area contributed by atoms with E-state index >= 15 is 17.6 Å². The van der Waals surface area contributed by atoms with Crippen molar-refractivity contribution in [3.63, 3.8) is 0 Å². The first kappa shape index (κ1) is 33.5. The summed E-state index contributed by atoms with van der Waals surface area (Å²) in [6.45, 7) is 2.21. The van der Waals surface area contributed by atoms with Gasteiger partial charge < -0.3 is 4.74 Å². The van der Waals surface area contributed by atoms with Crippen LogP contribution in [0.1, 0.15) is 81.8 Å². The van der Waals surface area contributed by atoms with Crippen LogP contribution in [-0.2, 0) is 6.11 Å². The van der Waals surface area contributed by atoms with Crippen LogP contribution in [0.4, 0.5) is 35.1 Å². The molecule has 5 rings (SSSR count). The molecule has 1 aliphatic carbocycles. The van der Waals surface area contributed by atoms with E-state index in [2.05, 4.69) is 11.7 Å². The second-order valence-electron chi connectivity index (χ2n) is 12.0. The third-order valence-electron chi connectivity index (χ3n) is 8.84. The Morgan fingerprint density at radius 2 is 1.24 bits per heavy atom. The van der Waals surface area contributed by atoms with Crippen LogP contribution in [0, 0.1) is 40.8 Å². The molecular formula is C37H34F8O. The molecule has 0 N–H and O–H groups in total. The lowest BCUT2D eigenvalue weighted by atomic mass is 9.77. The Kier molecular flexibility index (Phi) is 10.4. The Hall–Kier alpha value is -3.88. The lowest BCUT2D eigenvalue weighted by Crippen LogP contribution is -2.25. The summed E-state index contributed by atoms with van der Waals surface area (Å²) in [5.74, 6) is -8.90. The van der Waals surface area contributed by atoms with Crippen molar-refractivity contribution in [2.75, 3.05) is 0 Å². The first-order valence-electron chi connectivity index (χ1n) is 15.6. The maximum atomic E-state index is 15.0. The summed E-state index contributed by atoms with van der Waals surface area (Å²) in [6, 6.07) is 12.1. The van der Waals surface area contributed by atoms with Crippen LogP contribution in [0.15, 0.2) is 66.7 Å². The van der Waals surface area contributed by atoms with Crippen molar-refractivity contribution in [2.45, 2.75) is 76.7 Å². The number of unbranched alkanes of at least 4 members (excludes halogenated alkanes) is 3. The molecule has 0 spiro atoms. The van der Waals surface area contributed by atoms with Gasteiger partial charge in [-0.05, 0) is 96.2 Å². The van der Waals surface area contributed by atoms with Crippen molar-refractivity contribution in [1.82, 2.24) is 0 Å². The van der Waals surface area contributed by atoms with E-state index in [1.165, 1.54) is 44.9 Å². The first-order valence-corrected chi connectivity index (χ1v) is 15.6. The fourth-order valence-electron chi connectivity index (χ4n) is 6.31. The molecule has 0 atom stereocenters. The van der Waals surface area contributed by atoms with Gasteiger partial charge in [0.25, 0.3) is 0 Å². The third kappa shape index (κ3) is 7.56. The normalized spacial score (nSPS) is 16.9. The quantitative estimate of drug-likeness (QED) is 0.0895. The molecule has 244 valence electrons.